The summed E-state index contributed by atoms with van der Waals surface area (Å²) >= 11 is 0. The highest BCUT2D eigenvalue weighted by molar-refractivity contribution is 5.46. The Balaban J connectivity index is 1.54. The molecule has 2 heterocycles. The lowest BCUT2D eigenvalue weighted by Crippen LogP contribution is -2.42. The number of hydrogen-bond donors (Lipinski definition) is 1. The minimum Gasteiger partial charge on any atom is -0.493 e. The maximum Gasteiger partial charge on any atom is 0.225 e. The highest BCUT2D eigenvalue weighted by Crippen LogP contribution is 2.30. The van der Waals surface area contributed by atoms with Gasteiger partial charge in [0.2, 0.25) is 5.95 Å². The predicted molar refractivity (Wildman–Crippen MR) is 93.7 cm³/mol. The minimum atomic E-state index is 0.487. The van der Waals surface area contributed by atoms with Gasteiger partial charge in [-0.15, -0.1) is 0 Å². The van der Waals surface area contributed by atoms with Gasteiger partial charge < -0.3 is 19.7 Å². The van der Waals surface area contributed by atoms with Crippen molar-refractivity contribution < 1.29 is 9.47 Å². The Hall–Kier alpha value is -2.34. The standard InChI is InChI=1S/C18H24N4O2/c1-23-16-6-3-5-14(17(16)24-2)13-21-15-7-11-22(12-8-15)18-19-9-4-10-20-18/h3-6,9-10,15,21H,7-8,11-13H2,1-2H3. The first-order chi connectivity index (χ1) is 11.8. The van der Waals surface area contributed by atoms with Crippen LogP contribution < -0.4 is 19.7 Å². The summed E-state index contributed by atoms with van der Waals surface area (Å²) in [6.07, 6.45) is 5.73. The molecular weight excluding hydrogens is 304 g/mol. The molecular formula is C18H24N4O2. The summed E-state index contributed by atoms with van der Waals surface area (Å²) in [6, 6.07) is 8.32. The van der Waals surface area contributed by atoms with E-state index in [1.54, 1.807) is 26.6 Å². The first-order valence-corrected chi connectivity index (χ1v) is 8.27. The number of anilines is 1. The van der Waals surface area contributed by atoms with Gasteiger partial charge in [0, 0.05) is 43.6 Å². The molecule has 6 heteroatoms. The SMILES string of the molecule is COc1cccc(CNC2CCN(c3ncccn3)CC2)c1OC. The second-order valence-corrected chi connectivity index (χ2v) is 5.84. The molecule has 0 radical (unpaired) electrons. The van der Waals surface area contributed by atoms with Crippen LogP contribution in [0.5, 0.6) is 11.5 Å². The quantitative estimate of drug-likeness (QED) is 0.878. The van der Waals surface area contributed by atoms with Crippen LogP contribution in [0.4, 0.5) is 5.95 Å². The summed E-state index contributed by atoms with van der Waals surface area (Å²) < 4.78 is 10.9. The highest BCUT2D eigenvalue weighted by atomic mass is 16.5. The second-order valence-electron chi connectivity index (χ2n) is 5.84. The molecule has 1 N–H and O–H groups in total. The number of hydrogen-bond acceptors (Lipinski definition) is 6. The first-order valence-electron chi connectivity index (χ1n) is 8.27. The van der Waals surface area contributed by atoms with Crippen LogP contribution in [0, 0.1) is 0 Å². The van der Waals surface area contributed by atoms with Crippen LogP contribution in [-0.2, 0) is 6.54 Å². The summed E-state index contributed by atoms with van der Waals surface area (Å²) in [7, 11) is 3.34. The molecule has 24 heavy (non-hydrogen) atoms. The van der Waals surface area contributed by atoms with E-state index < -0.39 is 0 Å². The van der Waals surface area contributed by atoms with Crippen LogP contribution in [0.15, 0.2) is 36.7 Å². The van der Waals surface area contributed by atoms with E-state index in [1.165, 1.54) is 0 Å². The number of nitrogens with zero attached hydrogens (tertiary/aromatic N) is 3. The smallest absolute Gasteiger partial charge is 0.225 e. The minimum absolute atomic E-state index is 0.487. The summed E-state index contributed by atoms with van der Waals surface area (Å²) in [5.74, 6) is 2.40. The van der Waals surface area contributed by atoms with Crippen LogP contribution in [0.2, 0.25) is 0 Å². The molecule has 0 spiro atoms. The van der Waals surface area contributed by atoms with Gasteiger partial charge in [-0.05, 0) is 25.0 Å². The lowest BCUT2D eigenvalue weighted by Gasteiger charge is -2.32. The maximum absolute atomic E-state index is 5.49. The van der Waals surface area contributed by atoms with Gasteiger partial charge in [-0.25, -0.2) is 9.97 Å². The zero-order chi connectivity index (χ0) is 16.8. The third-order valence-corrected chi connectivity index (χ3v) is 4.40. The van der Waals surface area contributed by atoms with Gasteiger partial charge in [-0.1, -0.05) is 12.1 Å². The fourth-order valence-corrected chi connectivity index (χ4v) is 3.09. The van der Waals surface area contributed by atoms with Crippen LogP contribution in [0.3, 0.4) is 0 Å². The highest BCUT2D eigenvalue weighted by Gasteiger charge is 2.21. The third kappa shape index (κ3) is 3.76. The summed E-state index contributed by atoms with van der Waals surface area (Å²) in [5.41, 5.74) is 1.12. The number of methoxy groups -OCH3 is 2. The van der Waals surface area contributed by atoms with E-state index in [1.807, 2.05) is 18.2 Å². The van der Waals surface area contributed by atoms with Crippen molar-refractivity contribution in [3.8, 4) is 11.5 Å². The van der Waals surface area contributed by atoms with Gasteiger partial charge in [0.15, 0.2) is 11.5 Å². The van der Waals surface area contributed by atoms with Crippen molar-refractivity contribution in [3.05, 3.63) is 42.2 Å². The molecule has 0 aliphatic carbocycles. The number of nitrogens with one attached hydrogen (secondary N) is 1. The van der Waals surface area contributed by atoms with Crippen molar-refractivity contribution in [2.75, 3.05) is 32.2 Å². The van der Waals surface area contributed by atoms with Crippen LogP contribution >= 0.6 is 0 Å². The average Bonchev–Trinajstić information content (AvgIpc) is 2.67. The Morgan fingerprint density at radius 3 is 2.50 bits per heavy atom. The Kier molecular flexibility index (Phi) is 5.48. The van der Waals surface area contributed by atoms with E-state index in [0.29, 0.717) is 6.04 Å². The molecule has 0 atom stereocenters. The van der Waals surface area contributed by atoms with Crippen molar-refractivity contribution in [2.45, 2.75) is 25.4 Å². The van der Waals surface area contributed by atoms with Gasteiger partial charge in [0.1, 0.15) is 0 Å². The van der Waals surface area contributed by atoms with E-state index >= 15 is 0 Å². The van der Waals surface area contributed by atoms with Gasteiger partial charge in [0.25, 0.3) is 0 Å². The monoisotopic (exact) mass is 328 g/mol. The number of rotatable bonds is 6. The van der Waals surface area contributed by atoms with E-state index in [-0.39, 0.29) is 0 Å². The normalized spacial score (nSPS) is 15.3. The maximum atomic E-state index is 5.49. The Labute approximate surface area is 142 Å². The number of ether oxygens (including phenoxy) is 2. The van der Waals surface area contributed by atoms with Crippen molar-refractivity contribution in [3.63, 3.8) is 0 Å². The van der Waals surface area contributed by atoms with Crippen molar-refractivity contribution >= 4 is 5.95 Å². The van der Waals surface area contributed by atoms with E-state index in [0.717, 1.165) is 55.5 Å². The fraction of sp³-hybridized carbons (Fsp3) is 0.444. The van der Waals surface area contributed by atoms with E-state index in [4.69, 9.17) is 9.47 Å². The number of aromatic nitrogens is 2. The zero-order valence-corrected chi connectivity index (χ0v) is 14.2. The summed E-state index contributed by atoms with van der Waals surface area (Å²) in [5, 5.41) is 3.63. The molecule has 128 valence electrons. The van der Waals surface area contributed by atoms with Gasteiger partial charge in [0.05, 0.1) is 14.2 Å². The van der Waals surface area contributed by atoms with Crippen LogP contribution in [0.1, 0.15) is 18.4 Å². The summed E-state index contributed by atoms with van der Waals surface area (Å²) in [6.45, 7) is 2.71. The summed E-state index contributed by atoms with van der Waals surface area (Å²) in [4.78, 5) is 10.9. The van der Waals surface area contributed by atoms with Crippen LogP contribution in [-0.4, -0.2) is 43.3 Å². The number of benzene rings is 1. The number of piperidine rings is 1. The van der Waals surface area contributed by atoms with Crippen molar-refractivity contribution in [1.82, 2.24) is 15.3 Å². The molecule has 0 bridgehead atoms. The lowest BCUT2D eigenvalue weighted by atomic mass is 10.0. The predicted octanol–water partition coefficient (Wildman–Crippen LogP) is 2.25. The van der Waals surface area contributed by atoms with E-state index in [9.17, 15) is 0 Å². The molecule has 1 aliphatic rings. The molecule has 1 aliphatic heterocycles. The molecule has 0 saturated carbocycles. The molecule has 1 saturated heterocycles. The molecule has 1 aromatic carbocycles. The molecule has 1 fully saturated rings. The topological polar surface area (TPSA) is 59.5 Å². The Morgan fingerprint density at radius 1 is 1.08 bits per heavy atom. The lowest BCUT2D eigenvalue weighted by molar-refractivity contribution is 0.347. The molecule has 0 unspecified atom stereocenters. The second kappa shape index (κ2) is 7.97. The molecule has 2 aromatic rings. The first kappa shape index (κ1) is 16.5. The van der Waals surface area contributed by atoms with Crippen LogP contribution in [0.25, 0.3) is 0 Å². The van der Waals surface area contributed by atoms with Crippen molar-refractivity contribution in [2.24, 2.45) is 0 Å². The molecule has 0 amide bonds. The zero-order valence-electron chi connectivity index (χ0n) is 14.2. The third-order valence-electron chi connectivity index (χ3n) is 4.40. The van der Waals surface area contributed by atoms with Gasteiger partial charge in [-0.3, -0.25) is 0 Å². The van der Waals surface area contributed by atoms with Gasteiger partial charge >= 0.3 is 0 Å². The Bertz CT molecular complexity index is 643. The fourth-order valence-electron chi connectivity index (χ4n) is 3.09. The average molecular weight is 328 g/mol. The number of para-hydroxylation sites is 1. The van der Waals surface area contributed by atoms with E-state index in [2.05, 4.69) is 26.3 Å². The molecule has 3 rings (SSSR count). The largest absolute Gasteiger partial charge is 0.493 e. The van der Waals surface area contributed by atoms with Gasteiger partial charge in [-0.2, -0.15) is 0 Å². The molecule has 1 aromatic heterocycles. The Morgan fingerprint density at radius 2 is 1.83 bits per heavy atom. The van der Waals surface area contributed by atoms with Crippen molar-refractivity contribution in [1.29, 1.82) is 0 Å². The molecule has 6 nitrogen and oxygen atoms in total.